The van der Waals surface area contributed by atoms with Gasteiger partial charge in [0.15, 0.2) is 0 Å². The van der Waals surface area contributed by atoms with Crippen LogP contribution in [-0.4, -0.2) is 28.4 Å². The maximum absolute atomic E-state index is 13.1. The van der Waals surface area contributed by atoms with Crippen molar-refractivity contribution in [3.05, 3.63) is 95.3 Å². The highest BCUT2D eigenvalue weighted by Gasteiger charge is 2.46. The van der Waals surface area contributed by atoms with Gasteiger partial charge in [0.05, 0.1) is 18.2 Å². The largest absolute Gasteiger partial charge is 0.507 e. The molecule has 6 heteroatoms. The first-order valence-corrected chi connectivity index (χ1v) is 10.0. The number of hydrogen-bond acceptors (Lipinski definition) is 5. The Morgan fingerprint density at radius 1 is 1.06 bits per heavy atom. The molecule has 1 aliphatic rings. The number of Topliss-reactive ketones (excluding diaryl/α,β-unsaturated/α-hetero) is 1. The van der Waals surface area contributed by atoms with Gasteiger partial charge in [0.25, 0.3) is 11.7 Å². The minimum absolute atomic E-state index is 0.0450. The van der Waals surface area contributed by atoms with Crippen molar-refractivity contribution in [2.45, 2.75) is 19.9 Å². The summed E-state index contributed by atoms with van der Waals surface area (Å²) in [6, 6.07) is 16.9. The number of ether oxygens (including phenoxy) is 1. The van der Waals surface area contributed by atoms with Gasteiger partial charge in [0, 0.05) is 23.6 Å². The Hall–Kier alpha value is -3.93. The van der Waals surface area contributed by atoms with Crippen LogP contribution in [0, 0.1) is 6.92 Å². The first-order chi connectivity index (χ1) is 15.0. The summed E-state index contributed by atoms with van der Waals surface area (Å²) in [5.41, 5.74) is 2.58. The number of aryl methyl sites for hydroxylation is 1. The topological polar surface area (TPSA) is 79.7 Å². The minimum atomic E-state index is -0.766. The van der Waals surface area contributed by atoms with Crippen LogP contribution < -0.4 is 9.64 Å². The van der Waals surface area contributed by atoms with Crippen LogP contribution in [-0.2, 0) is 9.59 Å². The summed E-state index contributed by atoms with van der Waals surface area (Å²) < 4.78 is 5.57. The molecule has 1 N–H and O–H groups in total. The highest BCUT2D eigenvalue weighted by Crippen LogP contribution is 2.42. The normalized spacial score (nSPS) is 17.7. The van der Waals surface area contributed by atoms with Crippen LogP contribution in [0.5, 0.6) is 5.75 Å². The number of aromatic nitrogens is 1. The van der Waals surface area contributed by atoms with Crippen molar-refractivity contribution < 1.29 is 19.4 Å². The summed E-state index contributed by atoms with van der Waals surface area (Å²) >= 11 is 0. The molecule has 4 rings (SSSR count). The molecule has 1 aliphatic heterocycles. The highest BCUT2D eigenvalue weighted by molar-refractivity contribution is 6.51. The van der Waals surface area contributed by atoms with E-state index in [9.17, 15) is 14.7 Å². The number of para-hydroxylation sites is 1. The predicted molar refractivity (Wildman–Crippen MR) is 118 cm³/mol. The SMILES string of the molecule is CCOc1ccc(/C(O)=C2/C(=O)C(=O)N(c3ccccc3)C2c2ccncc2)cc1C. The average molecular weight is 414 g/mol. The molecule has 1 fully saturated rings. The van der Waals surface area contributed by atoms with E-state index in [1.165, 1.54) is 4.90 Å². The second-order valence-electron chi connectivity index (χ2n) is 7.20. The van der Waals surface area contributed by atoms with Crippen LogP contribution in [0.4, 0.5) is 5.69 Å². The predicted octanol–water partition coefficient (Wildman–Crippen LogP) is 4.42. The van der Waals surface area contributed by atoms with Crippen molar-refractivity contribution >= 4 is 23.1 Å². The van der Waals surface area contributed by atoms with E-state index in [2.05, 4.69) is 4.98 Å². The molecule has 0 saturated carbocycles. The van der Waals surface area contributed by atoms with Crippen molar-refractivity contribution in [1.29, 1.82) is 0 Å². The zero-order valence-corrected chi connectivity index (χ0v) is 17.3. The molecule has 3 aromatic rings. The molecule has 0 spiro atoms. The number of ketones is 1. The number of aliphatic hydroxyl groups excluding tert-OH is 1. The molecule has 0 bridgehead atoms. The summed E-state index contributed by atoms with van der Waals surface area (Å²) in [7, 11) is 0. The molecule has 2 heterocycles. The van der Waals surface area contributed by atoms with Gasteiger partial charge < -0.3 is 9.84 Å². The van der Waals surface area contributed by atoms with E-state index >= 15 is 0 Å². The van der Waals surface area contributed by atoms with Crippen molar-refractivity contribution in [2.75, 3.05) is 11.5 Å². The Kier molecular flexibility index (Phi) is 5.54. The fraction of sp³-hybridized carbons (Fsp3) is 0.160. The lowest BCUT2D eigenvalue weighted by molar-refractivity contribution is -0.132. The molecule has 1 amide bonds. The number of pyridine rings is 1. The number of nitrogens with zero attached hydrogens (tertiary/aromatic N) is 2. The Morgan fingerprint density at radius 2 is 1.77 bits per heavy atom. The van der Waals surface area contributed by atoms with E-state index < -0.39 is 17.7 Å². The molecular formula is C25H22N2O4. The maximum Gasteiger partial charge on any atom is 0.300 e. The van der Waals surface area contributed by atoms with Gasteiger partial charge in [-0.15, -0.1) is 0 Å². The van der Waals surface area contributed by atoms with Gasteiger partial charge in [0.1, 0.15) is 11.5 Å². The summed E-state index contributed by atoms with van der Waals surface area (Å²) in [4.78, 5) is 31.6. The standard InChI is InChI=1S/C25H22N2O4/c1-3-31-20-10-9-18(15-16(20)2)23(28)21-22(17-11-13-26-14-12-17)27(25(30)24(21)29)19-7-5-4-6-8-19/h4-15,22,28H,3H2,1-2H3/b23-21-. The van der Waals surface area contributed by atoms with Gasteiger partial charge in [-0.05, 0) is 67.4 Å². The quantitative estimate of drug-likeness (QED) is 0.380. The first kappa shape index (κ1) is 20.3. The third kappa shape index (κ3) is 3.68. The van der Waals surface area contributed by atoms with Gasteiger partial charge in [-0.25, -0.2) is 0 Å². The van der Waals surface area contributed by atoms with Gasteiger partial charge in [-0.2, -0.15) is 0 Å². The van der Waals surface area contributed by atoms with Crippen LogP contribution in [0.15, 0.2) is 78.6 Å². The Morgan fingerprint density at radius 3 is 2.42 bits per heavy atom. The number of hydrogen-bond donors (Lipinski definition) is 1. The van der Waals surface area contributed by atoms with E-state index in [-0.39, 0.29) is 11.3 Å². The summed E-state index contributed by atoms with van der Waals surface area (Å²) in [6.45, 7) is 4.29. The van der Waals surface area contributed by atoms with Gasteiger partial charge in [0.2, 0.25) is 0 Å². The number of anilines is 1. The lowest BCUT2D eigenvalue weighted by atomic mass is 9.95. The zero-order valence-electron chi connectivity index (χ0n) is 17.3. The number of carbonyl (C=O) groups is 2. The lowest BCUT2D eigenvalue weighted by Crippen LogP contribution is -2.29. The number of benzene rings is 2. The lowest BCUT2D eigenvalue weighted by Gasteiger charge is -2.25. The Labute approximate surface area is 180 Å². The summed E-state index contributed by atoms with van der Waals surface area (Å²) in [5.74, 6) is -0.925. The third-order valence-electron chi connectivity index (χ3n) is 5.25. The number of rotatable bonds is 5. The minimum Gasteiger partial charge on any atom is -0.507 e. The van der Waals surface area contributed by atoms with Crippen LogP contribution in [0.25, 0.3) is 5.76 Å². The molecule has 0 aliphatic carbocycles. The monoisotopic (exact) mass is 414 g/mol. The van der Waals surface area contributed by atoms with Gasteiger partial charge in [-0.1, -0.05) is 18.2 Å². The number of aliphatic hydroxyl groups is 1. The zero-order chi connectivity index (χ0) is 22.0. The fourth-order valence-corrected chi connectivity index (χ4v) is 3.82. The van der Waals surface area contributed by atoms with E-state index in [1.807, 2.05) is 19.9 Å². The molecule has 0 radical (unpaired) electrons. The van der Waals surface area contributed by atoms with Crippen molar-refractivity contribution in [3.8, 4) is 5.75 Å². The average Bonchev–Trinajstić information content (AvgIpc) is 3.06. The Balaban J connectivity index is 1.89. The maximum atomic E-state index is 13.1. The summed E-state index contributed by atoms with van der Waals surface area (Å²) in [6.07, 6.45) is 3.20. The van der Waals surface area contributed by atoms with Crippen molar-refractivity contribution in [1.82, 2.24) is 4.98 Å². The molecule has 1 aromatic heterocycles. The van der Waals surface area contributed by atoms with E-state index in [1.54, 1.807) is 67.0 Å². The highest BCUT2D eigenvalue weighted by atomic mass is 16.5. The molecule has 6 nitrogen and oxygen atoms in total. The Bertz CT molecular complexity index is 1160. The first-order valence-electron chi connectivity index (χ1n) is 10.0. The third-order valence-corrected chi connectivity index (χ3v) is 5.25. The smallest absolute Gasteiger partial charge is 0.300 e. The molecule has 1 unspecified atom stereocenters. The molecule has 1 atom stereocenters. The second-order valence-corrected chi connectivity index (χ2v) is 7.20. The molecular weight excluding hydrogens is 392 g/mol. The number of amides is 1. The summed E-state index contributed by atoms with van der Waals surface area (Å²) in [5, 5.41) is 11.2. The fourth-order valence-electron chi connectivity index (χ4n) is 3.82. The van der Waals surface area contributed by atoms with Crippen LogP contribution >= 0.6 is 0 Å². The molecule has 2 aromatic carbocycles. The molecule has 31 heavy (non-hydrogen) atoms. The van der Waals surface area contributed by atoms with E-state index in [4.69, 9.17) is 4.74 Å². The van der Waals surface area contributed by atoms with Gasteiger partial charge >= 0.3 is 0 Å². The van der Waals surface area contributed by atoms with Gasteiger partial charge in [-0.3, -0.25) is 19.5 Å². The van der Waals surface area contributed by atoms with Crippen LogP contribution in [0.2, 0.25) is 0 Å². The van der Waals surface area contributed by atoms with E-state index in [0.29, 0.717) is 29.2 Å². The van der Waals surface area contributed by atoms with Crippen molar-refractivity contribution in [2.24, 2.45) is 0 Å². The van der Waals surface area contributed by atoms with Crippen LogP contribution in [0.3, 0.4) is 0 Å². The number of carbonyl (C=O) groups excluding carboxylic acids is 2. The van der Waals surface area contributed by atoms with Crippen LogP contribution in [0.1, 0.15) is 29.7 Å². The molecule has 1 saturated heterocycles. The van der Waals surface area contributed by atoms with E-state index in [0.717, 1.165) is 5.56 Å². The second kappa shape index (κ2) is 8.44. The molecule has 156 valence electrons. The van der Waals surface area contributed by atoms with Crippen molar-refractivity contribution in [3.63, 3.8) is 0 Å².